The van der Waals surface area contributed by atoms with Crippen LogP contribution in [0.15, 0.2) is 36.7 Å². The number of benzene rings is 1. The summed E-state index contributed by atoms with van der Waals surface area (Å²) in [6.07, 6.45) is 3.58. The fourth-order valence-electron chi connectivity index (χ4n) is 1.27. The Morgan fingerprint density at radius 1 is 1.47 bits per heavy atom. The van der Waals surface area contributed by atoms with Crippen LogP contribution >= 0.6 is 0 Å². The van der Waals surface area contributed by atoms with Crippen LogP contribution in [0.3, 0.4) is 0 Å². The molecule has 0 atom stereocenters. The number of nitrogens with zero attached hydrogens (tertiary/aromatic N) is 2. The van der Waals surface area contributed by atoms with E-state index in [0.717, 1.165) is 5.56 Å². The van der Waals surface area contributed by atoms with Crippen molar-refractivity contribution in [1.82, 2.24) is 9.78 Å². The van der Waals surface area contributed by atoms with E-state index in [1.54, 1.807) is 23.0 Å². The van der Waals surface area contributed by atoms with E-state index in [1.807, 2.05) is 13.2 Å². The molecular formula is C11H11FN2O. The molecule has 0 radical (unpaired) electrons. The number of halogens is 1. The van der Waals surface area contributed by atoms with Gasteiger partial charge in [0, 0.05) is 24.9 Å². The van der Waals surface area contributed by atoms with Crippen molar-refractivity contribution in [1.29, 1.82) is 0 Å². The van der Waals surface area contributed by atoms with Crippen LogP contribution in [0.4, 0.5) is 4.39 Å². The predicted molar refractivity (Wildman–Crippen MR) is 53.9 cm³/mol. The first-order valence-corrected chi connectivity index (χ1v) is 4.60. The zero-order valence-corrected chi connectivity index (χ0v) is 8.35. The van der Waals surface area contributed by atoms with Crippen molar-refractivity contribution in [3.8, 4) is 5.75 Å². The third-order valence-electron chi connectivity index (χ3n) is 1.96. The number of aryl methyl sites for hydroxylation is 1. The largest absolute Gasteiger partial charge is 0.489 e. The molecule has 3 nitrogen and oxygen atoms in total. The zero-order valence-electron chi connectivity index (χ0n) is 8.35. The first-order chi connectivity index (χ1) is 7.24. The summed E-state index contributed by atoms with van der Waals surface area (Å²) in [6, 6.07) is 6.08. The highest BCUT2D eigenvalue weighted by Crippen LogP contribution is 2.13. The van der Waals surface area contributed by atoms with Crippen molar-refractivity contribution in [3.05, 3.63) is 48.0 Å². The molecule has 15 heavy (non-hydrogen) atoms. The van der Waals surface area contributed by atoms with E-state index in [9.17, 15) is 4.39 Å². The van der Waals surface area contributed by atoms with Gasteiger partial charge in [-0.25, -0.2) is 4.39 Å². The Balaban J connectivity index is 1.99. The van der Waals surface area contributed by atoms with Crippen molar-refractivity contribution in [2.75, 3.05) is 0 Å². The van der Waals surface area contributed by atoms with E-state index in [0.29, 0.717) is 12.4 Å². The molecule has 0 saturated heterocycles. The molecule has 0 amide bonds. The summed E-state index contributed by atoms with van der Waals surface area (Å²) >= 11 is 0. The molecular weight excluding hydrogens is 195 g/mol. The Bertz CT molecular complexity index is 453. The maximum Gasteiger partial charge on any atom is 0.126 e. The van der Waals surface area contributed by atoms with Crippen molar-refractivity contribution in [2.24, 2.45) is 7.05 Å². The Hall–Kier alpha value is -1.84. The maximum atomic E-state index is 12.8. The van der Waals surface area contributed by atoms with E-state index in [1.165, 1.54) is 12.1 Å². The molecule has 2 rings (SSSR count). The summed E-state index contributed by atoms with van der Waals surface area (Å²) in [5.74, 6) is 0.234. The van der Waals surface area contributed by atoms with Gasteiger partial charge in [-0.1, -0.05) is 6.07 Å². The second-order valence-corrected chi connectivity index (χ2v) is 3.27. The minimum absolute atomic E-state index is 0.293. The van der Waals surface area contributed by atoms with E-state index >= 15 is 0 Å². The zero-order chi connectivity index (χ0) is 10.7. The minimum atomic E-state index is -0.293. The molecule has 0 bridgehead atoms. The number of ether oxygens (including phenoxy) is 1. The summed E-state index contributed by atoms with van der Waals surface area (Å²) in [6.45, 7) is 0.400. The van der Waals surface area contributed by atoms with Crippen LogP contribution in [-0.4, -0.2) is 9.78 Å². The van der Waals surface area contributed by atoms with Gasteiger partial charge in [0.1, 0.15) is 18.2 Å². The van der Waals surface area contributed by atoms with Gasteiger partial charge in [0.25, 0.3) is 0 Å². The topological polar surface area (TPSA) is 27.1 Å². The number of hydrogen-bond donors (Lipinski definition) is 0. The van der Waals surface area contributed by atoms with Crippen LogP contribution in [0, 0.1) is 5.82 Å². The maximum absolute atomic E-state index is 12.8. The van der Waals surface area contributed by atoms with Gasteiger partial charge in [-0.15, -0.1) is 0 Å². The highest BCUT2D eigenvalue weighted by Gasteiger charge is 1.99. The number of hydrogen-bond acceptors (Lipinski definition) is 2. The van der Waals surface area contributed by atoms with Crippen LogP contribution in [0.5, 0.6) is 5.75 Å². The molecule has 0 saturated carbocycles. The molecule has 1 heterocycles. The fourth-order valence-corrected chi connectivity index (χ4v) is 1.27. The molecule has 2 aromatic rings. The summed E-state index contributed by atoms with van der Waals surface area (Å²) in [5, 5.41) is 4.01. The van der Waals surface area contributed by atoms with E-state index in [2.05, 4.69) is 5.10 Å². The monoisotopic (exact) mass is 206 g/mol. The third-order valence-corrected chi connectivity index (χ3v) is 1.96. The third kappa shape index (κ3) is 2.56. The number of aromatic nitrogens is 2. The SMILES string of the molecule is Cn1cc(COc2cccc(F)c2)cn1. The lowest BCUT2D eigenvalue weighted by Crippen LogP contribution is -1.94. The molecule has 1 aromatic carbocycles. The molecule has 0 unspecified atom stereocenters. The Morgan fingerprint density at radius 3 is 3.00 bits per heavy atom. The Labute approximate surface area is 87.1 Å². The van der Waals surface area contributed by atoms with Crippen LogP contribution in [-0.2, 0) is 13.7 Å². The summed E-state index contributed by atoms with van der Waals surface area (Å²) in [4.78, 5) is 0. The van der Waals surface area contributed by atoms with Crippen molar-refractivity contribution < 1.29 is 9.13 Å². The van der Waals surface area contributed by atoms with Gasteiger partial charge in [-0.3, -0.25) is 4.68 Å². The van der Waals surface area contributed by atoms with Gasteiger partial charge < -0.3 is 4.74 Å². The van der Waals surface area contributed by atoms with Crippen molar-refractivity contribution in [3.63, 3.8) is 0 Å². The quantitative estimate of drug-likeness (QED) is 0.769. The lowest BCUT2D eigenvalue weighted by Gasteiger charge is -2.03. The predicted octanol–water partition coefficient (Wildman–Crippen LogP) is 2.14. The average molecular weight is 206 g/mol. The smallest absolute Gasteiger partial charge is 0.126 e. The summed E-state index contributed by atoms with van der Waals surface area (Å²) in [7, 11) is 1.84. The average Bonchev–Trinajstić information content (AvgIpc) is 2.62. The van der Waals surface area contributed by atoms with Gasteiger partial charge in [0.05, 0.1) is 6.20 Å². The van der Waals surface area contributed by atoms with Gasteiger partial charge >= 0.3 is 0 Å². The van der Waals surface area contributed by atoms with E-state index < -0.39 is 0 Å². The normalized spacial score (nSPS) is 10.3. The van der Waals surface area contributed by atoms with Crippen molar-refractivity contribution >= 4 is 0 Å². The van der Waals surface area contributed by atoms with Crippen LogP contribution in [0.1, 0.15) is 5.56 Å². The lowest BCUT2D eigenvalue weighted by atomic mass is 10.3. The molecule has 0 aliphatic carbocycles. The van der Waals surface area contributed by atoms with Gasteiger partial charge in [0.2, 0.25) is 0 Å². The molecule has 0 spiro atoms. The molecule has 0 aliphatic rings. The second-order valence-electron chi connectivity index (χ2n) is 3.27. The summed E-state index contributed by atoms with van der Waals surface area (Å²) < 4.78 is 19.9. The van der Waals surface area contributed by atoms with Crippen LogP contribution in [0.25, 0.3) is 0 Å². The van der Waals surface area contributed by atoms with Gasteiger partial charge in [-0.05, 0) is 12.1 Å². The molecule has 78 valence electrons. The first-order valence-electron chi connectivity index (χ1n) is 4.60. The minimum Gasteiger partial charge on any atom is -0.489 e. The van der Waals surface area contributed by atoms with Gasteiger partial charge in [0.15, 0.2) is 0 Å². The standard InChI is InChI=1S/C11H11FN2O/c1-14-7-9(6-13-14)8-15-11-4-2-3-10(12)5-11/h2-7H,8H2,1H3. The van der Waals surface area contributed by atoms with Crippen LogP contribution < -0.4 is 4.74 Å². The Kier molecular flexibility index (Phi) is 2.67. The fraction of sp³-hybridized carbons (Fsp3) is 0.182. The van der Waals surface area contributed by atoms with E-state index in [4.69, 9.17) is 4.74 Å². The second kappa shape index (κ2) is 4.13. The molecule has 1 aromatic heterocycles. The molecule has 0 N–H and O–H groups in total. The van der Waals surface area contributed by atoms with E-state index in [-0.39, 0.29) is 5.82 Å². The van der Waals surface area contributed by atoms with Crippen LogP contribution in [0.2, 0.25) is 0 Å². The van der Waals surface area contributed by atoms with Crippen molar-refractivity contribution in [2.45, 2.75) is 6.61 Å². The molecule has 0 fully saturated rings. The lowest BCUT2D eigenvalue weighted by molar-refractivity contribution is 0.304. The first kappa shape index (κ1) is 9.71. The Morgan fingerprint density at radius 2 is 2.33 bits per heavy atom. The highest BCUT2D eigenvalue weighted by atomic mass is 19.1. The number of rotatable bonds is 3. The van der Waals surface area contributed by atoms with Gasteiger partial charge in [-0.2, -0.15) is 5.10 Å². The molecule has 0 aliphatic heterocycles. The molecule has 4 heteroatoms. The highest BCUT2D eigenvalue weighted by molar-refractivity contribution is 5.22. The summed E-state index contributed by atoms with van der Waals surface area (Å²) in [5.41, 5.74) is 0.960.